The van der Waals surface area contributed by atoms with E-state index < -0.39 is 0 Å². The summed E-state index contributed by atoms with van der Waals surface area (Å²) in [6.45, 7) is 0.0379. The number of ether oxygens (including phenoxy) is 1. The van der Waals surface area contributed by atoms with Gasteiger partial charge in [0.1, 0.15) is 12.9 Å². The Balaban J connectivity index is 2.57. The van der Waals surface area contributed by atoms with Crippen LogP contribution in [0.1, 0.15) is 0 Å². The van der Waals surface area contributed by atoms with Crippen LogP contribution >= 0.6 is 11.6 Å². The van der Waals surface area contributed by atoms with Crippen molar-refractivity contribution in [2.45, 2.75) is 6.54 Å². The van der Waals surface area contributed by atoms with Crippen LogP contribution in [0.25, 0.3) is 0 Å². The molecule has 0 aliphatic rings. The fraction of sp³-hybridized carbons (Fsp3) is 0.400. The highest BCUT2D eigenvalue weighted by atomic mass is 35.5. The van der Waals surface area contributed by atoms with E-state index in [1.807, 2.05) is 0 Å². The molecule has 60 valence electrons. The fourth-order valence-corrected chi connectivity index (χ4v) is 0.686. The standard InChI is InChI=1S/C5H6ClN3O2/c1-11-4(10)2-9-3-7-5(6)8-9/h3H,2H2,1H3. The predicted octanol–water partition coefficient (Wildman–Crippen LogP) is 0.105. The Morgan fingerprint density at radius 1 is 1.91 bits per heavy atom. The minimum Gasteiger partial charge on any atom is -0.468 e. The quantitative estimate of drug-likeness (QED) is 0.599. The van der Waals surface area contributed by atoms with Crippen LogP contribution in [0.4, 0.5) is 0 Å². The van der Waals surface area contributed by atoms with Gasteiger partial charge in [-0.3, -0.25) is 4.79 Å². The highest BCUT2D eigenvalue weighted by Gasteiger charge is 2.02. The molecule has 0 saturated heterocycles. The molecule has 0 amide bonds. The van der Waals surface area contributed by atoms with Crippen LogP contribution in [-0.4, -0.2) is 27.8 Å². The Labute approximate surface area is 67.9 Å². The van der Waals surface area contributed by atoms with E-state index in [1.165, 1.54) is 18.1 Å². The summed E-state index contributed by atoms with van der Waals surface area (Å²) in [6.07, 6.45) is 1.36. The number of rotatable bonds is 2. The number of esters is 1. The first-order valence-electron chi connectivity index (χ1n) is 2.84. The summed E-state index contributed by atoms with van der Waals surface area (Å²) in [6, 6.07) is 0. The lowest BCUT2D eigenvalue weighted by molar-refractivity contribution is -0.141. The molecule has 0 radical (unpaired) electrons. The summed E-state index contributed by atoms with van der Waals surface area (Å²) < 4.78 is 5.69. The second kappa shape index (κ2) is 3.34. The van der Waals surface area contributed by atoms with Crippen molar-refractivity contribution in [3.05, 3.63) is 11.6 Å². The van der Waals surface area contributed by atoms with Crippen molar-refractivity contribution in [3.63, 3.8) is 0 Å². The molecule has 0 spiro atoms. The zero-order valence-electron chi connectivity index (χ0n) is 5.82. The van der Waals surface area contributed by atoms with Gasteiger partial charge in [0.05, 0.1) is 7.11 Å². The normalized spacial score (nSPS) is 9.64. The number of aromatic nitrogens is 3. The summed E-state index contributed by atoms with van der Waals surface area (Å²) in [5, 5.41) is 3.79. The van der Waals surface area contributed by atoms with Gasteiger partial charge in [-0.05, 0) is 11.6 Å². The number of methoxy groups -OCH3 is 1. The lowest BCUT2D eigenvalue weighted by atomic mass is 10.7. The molecule has 0 unspecified atom stereocenters. The molecule has 1 heterocycles. The van der Waals surface area contributed by atoms with Crippen molar-refractivity contribution in [3.8, 4) is 0 Å². The Morgan fingerprint density at radius 2 is 2.64 bits per heavy atom. The Kier molecular flexibility index (Phi) is 2.43. The van der Waals surface area contributed by atoms with Gasteiger partial charge in [0.25, 0.3) is 0 Å². The first-order chi connectivity index (χ1) is 5.22. The number of halogens is 1. The monoisotopic (exact) mass is 175 g/mol. The zero-order valence-corrected chi connectivity index (χ0v) is 6.58. The highest BCUT2D eigenvalue weighted by molar-refractivity contribution is 6.28. The SMILES string of the molecule is COC(=O)Cn1cnc(Cl)n1. The second-order valence-corrected chi connectivity index (χ2v) is 2.13. The summed E-state index contributed by atoms with van der Waals surface area (Å²) in [5.74, 6) is -0.383. The topological polar surface area (TPSA) is 57.0 Å². The number of hydrogen-bond acceptors (Lipinski definition) is 4. The van der Waals surface area contributed by atoms with Crippen LogP contribution in [0.3, 0.4) is 0 Å². The average Bonchev–Trinajstić information content (AvgIpc) is 2.35. The third-order valence-electron chi connectivity index (χ3n) is 1.03. The van der Waals surface area contributed by atoms with E-state index in [1.54, 1.807) is 0 Å². The van der Waals surface area contributed by atoms with Crippen molar-refractivity contribution >= 4 is 17.6 Å². The van der Waals surface area contributed by atoms with Crippen LogP contribution in [0, 0.1) is 0 Å². The number of hydrogen-bond donors (Lipinski definition) is 0. The van der Waals surface area contributed by atoms with Crippen LogP contribution in [-0.2, 0) is 16.1 Å². The summed E-state index contributed by atoms with van der Waals surface area (Å²) in [4.78, 5) is 14.3. The maximum Gasteiger partial charge on any atom is 0.327 e. The minimum absolute atomic E-state index is 0.0379. The molecule has 0 aliphatic carbocycles. The van der Waals surface area contributed by atoms with Crippen molar-refractivity contribution in [1.29, 1.82) is 0 Å². The minimum atomic E-state index is -0.383. The van der Waals surface area contributed by atoms with Crippen molar-refractivity contribution in [1.82, 2.24) is 14.8 Å². The van der Waals surface area contributed by atoms with E-state index in [0.717, 1.165) is 0 Å². The summed E-state index contributed by atoms with van der Waals surface area (Å²) in [7, 11) is 1.31. The molecule has 0 aromatic carbocycles. The maximum atomic E-state index is 10.6. The van der Waals surface area contributed by atoms with Crippen LogP contribution in [0.5, 0.6) is 0 Å². The van der Waals surface area contributed by atoms with Crippen molar-refractivity contribution in [2.24, 2.45) is 0 Å². The van der Waals surface area contributed by atoms with Gasteiger partial charge in [-0.1, -0.05) is 0 Å². The third kappa shape index (κ3) is 2.19. The molecule has 1 rings (SSSR count). The Bertz CT molecular complexity index is 260. The Morgan fingerprint density at radius 3 is 3.09 bits per heavy atom. The van der Waals surface area contributed by atoms with E-state index >= 15 is 0 Å². The molecule has 1 aromatic heterocycles. The van der Waals surface area contributed by atoms with Gasteiger partial charge in [-0.25, -0.2) is 9.67 Å². The largest absolute Gasteiger partial charge is 0.468 e. The molecule has 6 heteroatoms. The lowest BCUT2D eigenvalue weighted by Crippen LogP contribution is -2.11. The summed E-state index contributed by atoms with van der Waals surface area (Å²) >= 11 is 5.39. The molecular formula is C5H6ClN3O2. The van der Waals surface area contributed by atoms with Gasteiger partial charge < -0.3 is 4.74 Å². The van der Waals surface area contributed by atoms with E-state index in [-0.39, 0.29) is 17.8 Å². The average molecular weight is 176 g/mol. The molecule has 0 atom stereocenters. The number of carbonyl (C=O) groups is 1. The van der Waals surface area contributed by atoms with Gasteiger partial charge in [-0.2, -0.15) is 0 Å². The first-order valence-corrected chi connectivity index (χ1v) is 3.22. The van der Waals surface area contributed by atoms with Crippen LogP contribution in [0.2, 0.25) is 5.28 Å². The van der Waals surface area contributed by atoms with Gasteiger partial charge in [-0.15, -0.1) is 5.10 Å². The second-order valence-electron chi connectivity index (χ2n) is 1.79. The van der Waals surface area contributed by atoms with Gasteiger partial charge >= 0.3 is 5.97 Å². The molecular weight excluding hydrogens is 170 g/mol. The van der Waals surface area contributed by atoms with Crippen molar-refractivity contribution < 1.29 is 9.53 Å². The third-order valence-corrected chi connectivity index (χ3v) is 1.20. The smallest absolute Gasteiger partial charge is 0.327 e. The molecule has 0 saturated carbocycles. The number of carbonyl (C=O) groups excluding carboxylic acids is 1. The molecule has 0 N–H and O–H groups in total. The van der Waals surface area contributed by atoms with Crippen LogP contribution in [0.15, 0.2) is 6.33 Å². The van der Waals surface area contributed by atoms with Crippen LogP contribution < -0.4 is 0 Å². The number of nitrogens with zero attached hydrogens (tertiary/aromatic N) is 3. The zero-order chi connectivity index (χ0) is 8.27. The van der Waals surface area contributed by atoms with Gasteiger partial charge in [0, 0.05) is 0 Å². The maximum absolute atomic E-state index is 10.6. The molecule has 5 nitrogen and oxygen atoms in total. The lowest BCUT2D eigenvalue weighted by Gasteiger charge is -1.96. The van der Waals surface area contributed by atoms with Gasteiger partial charge in [0.15, 0.2) is 0 Å². The molecule has 0 aliphatic heterocycles. The van der Waals surface area contributed by atoms with Crippen molar-refractivity contribution in [2.75, 3.05) is 7.11 Å². The molecule has 0 fully saturated rings. The Hall–Kier alpha value is -1.10. The van der Waals surface area contributed by atoms with E-state index in [9.17, 15) is 4.79 Å². The van der Waals surface area contributed by atoms with E-state index in [4.69, 9.17) is 11.6 Å². The highest BCUT2D eigenvalue weighted by Crippen LogP contribution is 1.96. The predicted molar refractivity (Wildman–Crippen MR) is 37.0 cm³/mol. The summed E-state index contributed by atoms with van der Waals surface area (Å²) in [5.41, 5.74) is 0. The molecule has 0 bridgehead atoms. The van der Waals surface area contributed by atoms with Gasteiger partial charge in [0.2, 0.25) is 5.28 Å². The van der Waals surface area contributed by atoms with E-state index in [2.05, 4.69) is 14.8 Å². The molecule has 1 aromatic rings. The first kappa shape index (κ1) is 8.00. The molecule has 11 heavy (non-hydrogen) atoms. The van der Waals surface area contributed by atoms with E-state index in [0.29, 0.717) is 0 Å². The fourth-order valence-electron chi connectivity index (χ4n) is 0.545.